The van der Waals surface area contributed by atoms with E-state index in [4.69, 9.17) is 33.7 Å². The molecule has 1 unspecified atom stereocenters. The van der Waals surface area contributed by atoms with E-state index in [2.05, 4.69) is 10.3 Å². The highest BCUT2D eigenvalue weighted by molar-refractivity contribution is 6.39. The van der Waals surface area contributed by atoms with Gasteiger partial charge in [-0.1, -0.05) is 47.5 Å². The number of rotatable bonds is 7. The monoisotopic (exact) mass is 514 g/mol. The van der Waals surface area contributed by atoms with Gasteiger partial charge in [0.2, 0.25) is 5.91 Å². The predicted molar refractivity (Wildman–Crippen MR) is 136 cm³/mol. The number of anilines is 1. The smallest absolute Gasteiger partial charge is 0.407 e. The van der Waals surface area contributed by atoms with E-state index in [1.54, 1.807) is 36.5 Å². The Labute approximate surface area is 212 Å². The zero-order valence-electron chi connectivity index (χ0n) is 18.9. The molecular formula is C25H24Cl2N4O4. The molecule has 1 fully saturated rings. The van der Waals surface area contributed by atoms with E-state index < -0.39 is 6.09 Å². The van der Waals surface area contributed by atoms with Crippen LogP contribution in [0.15, 0.2) is 48.7 Å². The van der Waals surface area contributed by atoms with Crippen molar-refractivity contribution in [1.82, 2.24) is 15.2 Å². The van der Waals surface area contributed by atoms with Crippen molar-refractivity contribution >= 4 is 40.9 Å². The van der Waals surface area contributed by atoms with E-state index in [9.17, 15) is 14.7 Å². The van der Waals surface area contributed by atoms with Crippen molar-refractivity contribution in [2.24, 2.45) is 0 Å². The fourth-order valence-electron chi connectivity index (χ4n) is 4.13. The van der Waals surface area contributed by atoms with Crippen molar-refractivity contribution in [2.45, 2.75) is 25.4 Å². The van der Waals surface area contributed by atoms with Gasteiger partial charge in [-0.05, 0) is 24.6 Å². The first-order valence-corrected chi connectivity index (χ1v) is 11.7. The molecule has 8 nitrogen and oxygen atoms in total. The molecule has 4 rings (SSSR count). The number of carbonyl (C=O) groups excluding carboxylic acids is 1. The fourth-order valence-corrected chi connectivity index (χ4v) is 4.68. The van der Waals surface area contributed by atoms with E-state index >= 15 is 0 Å². The quantitative estimate of drug-likeness (QED) is 0.378. The summed E-state index contributed by atoms with van der Waals surface area (Å²) >= 11 is 13.2. The lowest BCUT2D eigenvalue weighted by molar-refractivity contribution is -0.119. The average molecular weight is 515 g/mol. The summed E-state index contributed by atoms with van der Waals surface area (Å²) in [5.41, 5.74) is 9.68. The molecule has 1 aliphatic heterocycles. The van der Waals surface area contributed by atoms with Gasteiger partial charge in [-0.15, -0.1) is 0 Å². The summed E-state index contributed by atoms with van der Waals surface area (Å²) in [7, 11) is 1.52. The summed E-state index contributed by atoms with van der Waals surface area (Å²) in [5, 5.41) is 13.3. The summed E-state index contributed by atoms with van der Waals surface area (Å²) in [6.45, 7) is 0.299. The molecule has 1 aliphatic rings. The number of halogens is 2. The van der Waals surface area contributed by atoms with Crippen molar-refractivity contribution < 1.29 is 19.4 Å². The van der Waals surface area contributed by atoms with E-state index in [0.29, 0.717) is 62.3 Å². The largest absolute Gasteiger partial charge is 0.496 e. The van der Waals surface area contributed by atoms with Crippen LogP contribution in [0.1, 0.15) is 18.4 Å². The van der Waals surface area contributed by atoms with Gasteiger partial charge in [0.15, 0.2) is 0 Å². The van der Waals surface area contributed by atoms with Crippen LogP contribution < -0.4 is 15.8 Å². The molecule has 1 aromatic heterocycles. The number of ether oxygens (including phenoxy) is 1. The third-order valence-corrected chi connectivity index (χ3v) is 6.73. The van der Waals surface area contributed by atoms with Gasteiger partial charge in [-0.2, -0.15) is 0 Å². The molecule has 0 saturated carbocycles. The zero-order chi connectivity index (χ0) is 25.1. The molecule has 2 aromatic carbocycles. The second kappa shape index (κ2) is 10.4. The number of benzene rings is 2. The third-order valence-electron chi connectivity index (χ3n) is 5.93. The van der Waals surface area contributed by atoms with E-state index in [1.807, 2.05) is 12.1 Å². The maximum Gasteiger partial charge on any atom is 0.407 e. The van der Waals surface area contributed by atoms with Gasteiger partial charge >= 0.3 is 6.09 Å². The molecule has 1 atom stereocenters. The van der Waals surface area contributed by atoms with E-state index in [0.717, 1.165) is 0 Å². The topological polar surface area (TPSA) is 118 Å². The van der Waals surface area contributed by atoms with Crippen LogP contribution >= 0.6 is 23.2 Å². The SMILES string of the molecule is COc1cc(-c2nccc(-c3cccc(N)c3Cl)c2Cl)ccc1CN(CC1CCC(=O)N1)C(=O)O. The summed E-state index contributed by atoms with van der Waals surface area (Å²) in [6, 6.07) is 12.3. The van der Waals surface area contributed by atoms with Crippen LogP contribution in [0.4, 0.5) is 10.5 Å². The van der Waals surface area contributed by atoms with Gasteiger partial charge in [-0.3, -0.25) is 9.78 Å². The summed E-state index contributed by atoms with van der Waals surface area (Å²) in [4.78, 5) is 29.1. The number of pyridine rings is 1. The Balaban J connectivity index is 1.64. The molecule has 2 amide bonds. The molecule has 10 heteroatoms. The highest BCUT2D eigenvalue weighted by Gasteiger charge is 2.26. The fraction of sp³-hybridized carbons (Fsp3) is 0.240. The number of carbonyl (C=O) groups is 2. The standard InChI is InChI=1S/C25H24Cl2N4O4/c1-35-20-11-14(5-6-15(20)12-31(25(33)34)13-16-7-8-21(32)30-16)24-23(27)18(9-10-29-24)17-3-2-4-19(28)22(17)26/h2-6,9-11,16H,7-8,12-13,28H2,1H3,(H,30,32)(H,33,34). The zero-order valence-corrected chi connectivity index (χ0v) is 20.4. The number of methoxy groups -OCH3 is 1. The molecule has 0 bridgehead atoms. The summed E-state index contributed by atoms with van der Waals surface area (Å²) in [5.74, 6) is 0.433. The lowest BCUT2D eigenvalue weighted by Gasteiger charge is -2.24. The Morgan fingerprint density at radius 1 is 1.23 bits per heavy atom. The molecule has 0 spiro atoms. The second-order valence-electron chi connectivity index (χ2n) is 8.22. The first-order chi connectivity index (χ1) is 16.8. The van der Waals surface area contributed by atoms with Crippen LogP contribution in [0.2, 0.25) is 10.0 Å². The van der Waals surface area contributed by atoms with Crippen molar-refractivity contribution in [3.05, 3.63) is 64.3 Å². The third kappa shape index (κ3) is 5.28. The molecule has 4 N–H and O–H groups in total. The number of aromatic nitrogens is 1. The maximum absolute atomic E-state index is 11.9. The number of nitrogens with one attached hydrogen (secondary N) is 1. The number of nitrogen functional groups attached to an aromatic ring is 1. The molecule has 0 radical (unpaired) electrons. The van der Waals surface area contributed by atoms with Gasteiger partial charge in [-0.25, -0.2) is 4.79 Å². The highest BCUT2D eigenvalue weighted by atomic mass is 35.5. The van der Waals surface area contributed by atoms with Crippen molar-refractivity contribution in [3.8, 4) is 28.1 Å². The van der Waals surface area contributed by atoms with Crippen LogP contribution in [0.5, 0.6) is 5.75 Å². The Morgan fingerprint density at radius 2 is 2.00 bits per heavy atom. The van der Waals surface area contributed by atoms with E-state index in [1.165, 1.54) is 12.0 Å². The first kappa shape index (κ1) is 24.6. The maximum atomic E-state index is 11.9. The Morgan fingerprint density at radius 3 is 2.69 bits per heavy atom. The summed E-state index contributed by atoms with van der Waals surface area (Å²) < 4.78 is 5.57. The lowest BCUT2D eigenvalue weighted by atomic mass is 10.0. The molecule has 1 saturated heterocycles. The summed E-state index contributed by atoms with van der Waals surface area (Å²) in [6.07, 6.45) is 1.58. The molecule has 35 heavy (non-hydrogen) atoms. The normalized spacial score (nSPS) is 15.1. The molecule has 182 valence electrons. The number of hydrogen-bond donors (Lipinski definition) is 3. The van der Waals surface area contributed by atoms with Crippen LogP contribution in [-0.2, 0) is 11.3 Å². The number of hydrogen-bond acceptors (Lipinski definition) is 5. The molecule has 0 aliphatic carbocycles. The van der Waals surface area contributed by atoms with Gasteiger partial charge in [0, 0.05) is 47.5 Å². The Hall–Kier alpha value is -3.49. The van der Waals surface area contributed by atoms with Crippen molar-refractivity contribution in [2.75, 3.05) is 19.4 Å². The van der Waals surface area contributed by atoms with E-state index in [-0.39, 0.29) is 25.0 Å². The van der Waals surface area contributed by atoms with Gasteiger partial charge in [0.05, 0.1) is 35.1 Å². The van der Waals surface area contributed by atoms with Crippen molar-refractivity contribution in [3.63, 3.8) is 0 Å². The minimum atomic E-state index is -1.08. The number of nitrogens with zero attached hydrogens (tertiary/aromatic N) is 2. The average Bonchev–Trinajstić information content (AvgIpc) is 3.25. The van der Waals surface area contributed by atoms with Crippen LogP contribution in [0.25, 0.3) is 22.4 Å². The number of nitrogens with two attached hydrogens (primary N) is 1. The highest BCUT2D eigenvalue weighted by Crippen LogP contribution is 2.40. The predicted octanol–water partition coefficient (Wildman–Crippen LogP) is 5.07. The molecule has 3 aromatic rings. The molecular weight excluding hydrogens is 491 g/mol. The van der Waals surface area contributed by atoms with Gasteiger partial charge < -0.3 is 25.8 Å². The van der Waals surface area contributed by atoms with Gasteiger partial charge in [0.1, 0.15) is 5.75 Å². The molecule has 2 heterocycles. The number of carboxylic acid groups (broad SMARTS) is 1. The first-order valence-electron chi connectivity index (χ1n) is 10.9. The number of amides is 2. The minimum absolute atomic E-state index is 0.0617. The minimum Gasteiger partial charge on any atom is -0.496 e. The van der Waals surface area contributed by atoms with Crippen molar-refractivity contribution in [1.29, 1.82) is 0 Å². The Bertz CT molecular complexity index is 1280. The second-order valence-corrected chi connectivity index (χ2v) is 8.98. The van der Waals surface area contributed by atoms with Crippen LogP contribution in [0.3, 0.4) is 0 Å². The van der Waals surface area contributed by atoms with Crippen LogP contribution in [0, 0.1) is 0 Å². The van der Waals surface area contributed by atoms with Crippen LogP contribution in [-0.4, -0.2) is 46.7 Å². The van der Waals surface area contributed by atoms with Gasteiger partial charge in [0.25, 0.3) is 0 Å². The lowest BCUT2D eigenvalue weighted by Crippen LogP contribution is -2.41. The Kier molecular flexibility index (Phi) is 7.33.